The quantitative estimate of drug-likeness (QED) is 0.190. The van der Waals surface area contributed by atoms with E-state index in [0.29, 0.717) is 12.1 Å². The molecule has 1 atom stereocenters. The van der Waals surface area contributed by atoms with Gasteiger partial charge in [0.05, 0.1) is 22.5 Å². The van der Waals surface area contributed by atoms with Crippen molar-refractivity contribution in [3.05, 3.63) is 27.7 Å². The molecular formula is C22H28Cl2IN3O4. The van der Waals surface area contributed by atoms with Gasteiger partial charge in [0.1, 0.15) is 16.3 Å². The molecule has 0 aliphatic carbocycles. The predicted octanol–water partition coefficient (Wildman–Crippen LogP) is 5.42. The molecule has 1 aliphatic heterocycles. The van der Waals surface area contributed by atoms with Gasteiger partial charge in [-0.1, -0.05) is 87.3 Å². The highest BCUT2D eigenvalue weighted by molar-refractivity contribution is 14.1. The van der Waals surface area contributed by atoms with E-state index in [1.165, 1.54) is 9.80 Å². The van der Waals surface area contributed by atoms with Crippen LogP contribution in [0.2, 0.25) is 10.0 Å². The monoisotopic (exact) mass is 595 g/mol. The van der Waals surface area contributed by atoms with E-state index < -0.39 is 0 Å². The number of amides is 2. The summed E-state index contributed by atoms with van der Waals surface area (Å²) in [6, 6.07) is 3.22. The van der Waals surface area contributed by atoms with E-state index in [2.05, 4.69) is 27.6 Å². The van der Waals surface area contributed by atoms with Crippen LogP contribution in [-0.4, -0.2) is 44.1 Å². The zero-order valence-corrected chi connectivity index (χ0v) is 22.7. The van der Waals surface area contributed by atoms with Crippen molar-refractivity contribution in [1.82, 2.24) is 9.80 Å². The van der Waals surface area contributed by atoms with Crippen molar-refractivity contribution < 1.29 is 19.1 Å². The van der Waals surface area contributed by atoms with Crippen LogP contribution in [0.3, 0.4) is 0 Å². The van der Waals surface area contributed by atoms with E-state index in [-0.39, 0.29) is 67.9 Å². The molecule has 0 saturated carbocycles. The zero-order valence-electron chi connectivity index (χ0n) is 19.0. The minimum absolute atomic E-state index is 0.0268. The number of hydrogen-bond donors (Lipinski definition) is 0. The molecule has 0 bridgehead atoms. The molecule has 10 heteroatoms. The van der Waals surface area contributed by atoms with Crippen LogP contribution in [0.5, 0.6) is 0 Å². The molecule has 176 valence electrons. The summed E-state index contributed by atoms with van der Waals surface area (Å²) >= 11 is 15.1. The fourth-order valence-corrected chi connectivity index (χ4v) is 4.46. The second kappa shape index (κ2) is 11.2. The normalized spacial score (nSPS) is 17.8. The Balaban J connectivity index is 2.49. The third-order valence-corrected chi connectivity index (χ3v) is 6.23. The van der Waals surface area contributed by atoms with E-state index in [9.17, 15) is 14.4 Å². The lowest BCUT2D eigenvalue weighted by Gasteiger charge is -2.24. The summed E-state index contributed by atoms with van der Waals surface area (Å²) in [5.41, 5.74) is 0.859. The number of rotatable bonds is 6. The van der Waals surface area contributed by atoms with Gasteiger partial charge in [0, 0.05) is 11.8 Å². The standard InChI is InChI=1S/C22H28Cl2IN3O4/c1-11(2)19(29)27-9-17(25)28(20(30)12(3)4)22(27)26-18-15(23)7-14(8-16(18)24)10-32-21(31)13(5)6/h7-8,11-13,17H,9-10H2,1-6H3. The van der Waals surface area contributed by atoms with Gasteiger partial charge in [-0.2, -0.15) is 0 Å². The predicted molar refractivity (Wildman–Crippen MR) is 134 cm³/mol. The van der Waals surface area contributed by atoms with Crippen LogP contribution in [0.1, 0.15) is 47.1 Å². The lowest BCUT2D eigenvalue weighted by atomic mass is 10.2. The highest BCUT2D eigenvalue weighted by atomic mass is 127. The van der Waals surface area contributed by atoms with Crippen molar-refractivity contribution in [2.75, 3.05) is 6.54 Å². The van der Waals surface area contributed by atoms with Gasteiger partial charge < -0.3 is 4.74 Å². The highest BCUT2D eigenvalue weighted by Gasteiger charge is 2.42. The molecule has 0 aromatic heterocycles. The fraction of sp³-hybridized carbons (Fsp3) is 0.545. The lowest BCUT2D eigenvalue weighted by Crippen LogP contribution is -2.43. The van der Waals surface area contributed by atoms with Crippen molar-refractivity contribution >= 4 is 75.2 Å². The molecule has 1 fully saturated rings. The number of nitrogens with zero attached hydrogens (tertiary/aromatic N) is 3. The first-order chi connectivity index (χ1) is 14.8. The molecule has 1 saturated heterocycles. The molecule has 0 N–H and O–H groups in total. The fourth-order valence-electron chi connectivity index (χ4n) is 2.93. The summed E-state index contributed by atoms with van der Waals surface area (Å²) in [5, 5.41) is 0.456. The van der Waals surface area contributed by atoms with Gasteiger partial charge in [0.2, 0.25) is 17.8 Å². The minimum atomic E-state index is -0.328. The first kappa shape index (κ1) is 26.9. The van der Waals surface area contributed by atoms with Crippen LogP contribution in [0.25, 0.3) is 0 Å². The molecule has 7 nitrogen and oxygen atoms in total. The summed E-state index contributed by atoms with van der Waals surface area (Å²) in [6.07, 6.45) is 0. The van der Waals surface area contributed by atoms with E-state index >= 15 is 0 Å². The molecule has 2 amide bonds. The summed E-state index contributed by atoms with van der Waals surface area (Å²) in [7, 11) is 0. The van der Waals surface area contributed by atoms with Gasteiger partial charge in [-0.15, -0.1) is 0 Å². The number of carbonyl (C=O) groups is 3. The summed E-state index contributed by atoms with van der Waals surface area (Å²) in [4.78, 5) is 45.1. The Labute approximate surface area is 212 Å². The van der Waals surface area contributed by atoms with Gasteiger partial charge in [-0.25, -0.2) is 4.99 Å². The van der Waals surface area contributed by atoms with Crippen LogP contribution in [0, 0.1) is 17.8 Å². The van der Waals surface area contributed by atoms with E-state index in [1.54, 1.807) is 53.7 Å². The average Bonchev–Trinajstić information content (AvgIpc) is 3.02. The van der Waals surface area contributed by atoms with Gasteiger partial charge in [-0.3, -0.25) is 24.2 Å². The Morgan fingerprint density at radius 2 is 1.56 bits per heavy atom. The number of aliphatic imine (C=N–C) groups is 1. The largest absolute Gasteiger partial charge is 0.461 e. The lowest BCUT2D eigenvalue weighted by molar-refractivity contribution is -0.148. The van der Waals surface area contributed by atoms with Gasteiger partial charge in [-0.05, 0) is 17.7 Å². The molecule has 2 rings (SSSR count). The summed E-state index contributed by atoms with van der Waals surface area (Å²) < 4.78 is 4.97. The van der Waals surface area contributed by atoms with Gasteiger partial charge >= 0.3 is 5.97 Å². The number of ether oxygens (including phenoxy) is 1. The van der Waals surface area contributed by atoms with Crippen molar-refractivity contribution in [2.24, 2.45) is 22.7 Å². The molecular weight excluding hydrogens is 568 g/mol. The topological polar surface area (TPSA) is 79.3 Å². The van der Waals surface area contributed by atoms with E-state index in [1.807, 2.05) is 0 Å². The second-order valence-corrected chi connectivity index (χ2v) is 10.7. The molecule has 0 spiro atoms. The van der Waals surface area contributed by atoms with Gasteiger partial charge in [0.25, 0.3) is 0 Å². The Morgan fingerprint density at radius 3 is 2.03 bits per heavy atom. The number of hydrogen-bond acceptors (Lipinski definition) is 5. The van der Waals surface area contributed by atoms with Gasteiger partial charge in [0.15, 0.2) is 0 Å². The van der Waals surface area contributed by atoms with Crippen LogP contribution in [0.15, 0.2) is 17.1 Å². The second-order valence-electron chi connectivity index (χ2n) is 8.48. The average molecular weight is 596 g/mol. The molecule has 1 aromatic carbocycles. The number of halogens is 3. The first-order valence-electron chi connectivity index (χ1n) is 10.4. The Morgan fingerprint density at radius 1 is 1.03 bits per heavy atom. The van der Waals surface area contributed by atoms with Crippen molar-refractivity contribution in [3.8, 4) is 0 Å². The first-order valence-corrected chi connectivity index (χ1v) is 12.4. The van der Waals surface area contributed by atoms with Crippen LogP contribution >= 0.6 is 45.8 Å². The molecule has 32 heavy (non-hydrogen) atoms. The number of guanidine groups is 1. The maximum absolute atomic E-state index is 12.9. The maximum atomic E-state index is 12.9. The summed E-state index contributed by atoms with van der Waals surface area (Å²) in [6.45, 7) is 11.0. The van der Waals surface area contributed by atoms with E-state index in [4.69, 9.17) is 27.9 Å². The molecule has 1 unspecified atom stereocenters. The third-order valence-electron chi connectivity index (χ3n) is 4.70. The summed E-state index contributed by atoms with van der Waals surface area (Å²) in [5.74, 6) is -1.21. The minimum Gasteiger partial charge on any atom is -0.461 e. The SMILES string of the molecule is CC(C)C(=O)OCc1cc(Cl)c(N=C2N(C(=O)C(C)C)CC(I)N2C(=O)C(C)C)c(Cl)c1. The Bertz CT molecular complexity index is 911. The van der Waals surface area contributed by atoms with Crippen molar-refractivity contribution in [1.29, 1.82) is 0 Å². The Hall–Kier alpha value is -1.39. The zero-order chi connectivity index (χ0) is 24.3. The van der Waals surface area contributed by atoms with Crippen LogP contribution < -0.4 is 0 Å². The van der Waals surface area contributed by atoms with Crippen molar-refractivity contribution in [2.45, 2.75) is 52.2 Å². The van der Waals surface area contributed by atoms with Crippen molar-refractivity contribution in [3.63, 3.8) is 0 Å². The molecule has 1 aliphatic rings. The van der Waals surface area contributed by atoms with E-state index in [0.717, 1.165) is 0 Å². The number of alkyl halides is 1. The molecule has 0 radical (unpaired) electrons. The highest BCUT2D eigenvalue weighted by Crippen LogP contribution is 2.37. The smallest absolute Gasteiger partial charge is 0.308 e. The maximum Gasteiger partial charge on any atom is 0.308 e. The number of esters is 1. The number of benzene rings is 1. The number of carbonyl (C=O) groups excluding carboxylic acids is 3. The Kier molecular flexibility index (Phi) is 9.36. The van der Waals surface area contributed by atoms with Crippen LogP contribution in [0.4, 0.5) is 5.69 Å². The third kappa shape index (κ3) is 6.14. The molecule has 1 heterocycles. The van der Waals surface area contributed by atoms with Crippen LogP contribution in [-0.2, 0) is 25.7 Å². The molecule has 1 aromatic rings.